The molecule has 2 aromatic rings. The van der Waals surface area contributed by atoms with Gasteiger partial charge >= 0.3 is 0 Å². The molecule has 1 N–H and O–H groups in total. The topological polar surface area (TPSA) is 38.1 Å². The first kappa shape index (κ1) is 12.7. The summed E-state index contributed by atoms with van der Waals surface area (Å²) in [5, 5.41) is 3.41. The number of nitrogens with zero attached hydrogens (tertiary/aromatic N) is 1. The number of rotatable bonds is 1. The molecule has 1 aliphatic rings. The Bertz CT molecular complexity index is 574. The van der Waals surface area contributed by atoms with E-state index in [1.54, 1.807) is 0 Å². The van der Waals surface area contributed by atoms with E-state index in [0.29, 0.717) is 5.92 Å². The number of nitrogens with one attached hydrogen (secondary N) is 1. The second-order valence-corrected chi connectivity index (χ2v) is 6.52. The molecule has 0 saturated carbocycles. The van der Waals surface area contributed by atoms with Crippen LogP contribution in [0.15, 0.2) is 22.6 Å². The van der Waals surface area contributed by atoms with Crippen LogP contribution in [-0.2, 0) is 5.41 Å². The molecule has 19 heavy (non-hydrogen) atoms. The minimum atomic E-state index is -0.0338. The Kier molecular flexibility index (Phi) is 3.09. The van der Waals surface area contributed by atoms with Gasteiger partial charge < -0.3 is 9.73 Å². The highest BCUT2D eigenvalue weighted by molar-refractivity contribution is 5.73. The zero-order valence-electron chi connectivity index (χ0n) is 12.0. The largest absolute Gasteiger partial charge is 0.440 e. The van der Waals surface area contributed by atoms with Gasteiger partial charge in [0.1, 0.15) is 5.52 Å². The van der Waals surface area contributed by atoms with Crippen molar-refractivity contribution in [2.24, 2.45) is 0 Å². The maximum atomic E-state index is 5.85. The van der Waals surface area contributed by atoms with E-state index in [4.69, 9.17) is 4.42 Å². The molecule has 0 bridgehead atoms. The highest BCUT2D eigenvalue weighted by Crippen LogP contribution is 2.30. The fourth-order valence-electron chi connectivity index (χ4n) is 2.67. The quantitative estimate of drug-likeness (QED) is 0.849. The van der Waals surface area contributed by atoms with Crippen molar-refractivity contribution in [2.45, 2.75) is 44.9 Å². The Hall–Kier alpha value is -1.35. The molecule has 0 radical (unpaired) electrons. The monoisotopic (exact) mass is 258 g/mol. The summed E-state index contributed by atoms with van der Waals surface area (Å²) in [6, 6.07) is 6.49. The molecule has 3 nitrogen and oxygen atoms in total. The van der Waals surface area contributed by atoms with E-state index >= 15 is 0 Å². The lowest BCUT2D eigenvalue weighted by Gasteiger charge is -2.22. The minimum absolute atomic E-state index is 0.0338. The van der Waals surface area contributed by atoms with Gasteiger partial charge in [-0.3, -0.25) is 0 Å². The lowest BCUT2D eigenvalue weighted by atomic mass is 9.90. The summed E-state index contributed by atoms with van der Waals surface area (Å²) in [6.07, 6.45) is 2.44. The summed E-state index contributed by atoms with van der Waals surface area (Å²) in [7, 11) is 0. The summed E-state index contributed by atoms with van der Waals surface area (Å²) in [4.78, 5) is 4.66. The molecule has 0 spiro atoms. The van der Waals surface area contributed by atoms with Crippen LogP contribution in [0.2, 0.25) is 0 Å². The summed E-state index contributed by atoms with van der Waals surface area (Å²) >= 11 is 0. The van der Waals surface area contributed by atoms with Gasteiger partial charge in [0.15, 0.2) is 5.58 Å². The Morgan fingerprint density at radius 2 is 1.95 bits per heavy atom. The van der Waals surface area contributed by atoms with Crippen LogP contribution in [0.4, 0.5) is 0 Å². The fraction of sp³-hybridized carbons (Fsp3) is 0.562. The molecule has 3 heteroatoms. The van der Waals surface area contributed by atoms with Gasteiger partial charge in [-0.2, -0.15) is 0 Å². The van der Waals surface area contributed by atoms with Crippen molar-refractivity contribution in [1.82, 2.24) is 10.3 Å². The van der Waals surface area contributed by atoms with E-state index in [0.717, 1.165) is 30.1 Å². The predicted molar refractivity (Wildman–Crippen MR) is 77.6 cm³/mol. The lowest BCUT2D eigenvalue weighted by Crippen LogP contribution is -2.26. The Morgan fingerprint density at radius 3 is 2.63 bits per heavy atom. The number of aromatic nitrogens is 1. The van der Waals surface area contributed by atoms with Gasteiger partial charge in [-0.25, -0.2) is 4.98 Å². The standard InChI is InChI=1S/C16H22N2O/c1-16(2,3)15-18-13-10-12(4-5-14(13)19-15)11-6-8-17-9-7-11/h4-5,10-11,17H,6-9H2,1-3H3. The van der Waals surface area contributed by atoms with Gasteiger partial charge in [-0.15, -0.1) is 0 Å². The van der Waals surface area contributed by atoms with E-state index in [9.17, 15) is 0 Å². The van der Waals surface area contributed by atoms with Gasteiger partial charge in [-0.1, -0.05) is 26.8 Å². The van der Waals surface area contributed by atoms with E-state index < -0.39 is 0 Å². The van der Waals surface area contributed by atoms with Crippen LogP contribution in [0.5, 0.6) is 0 Å². The Labute approximate surface area is 114 Å². The zero-order valence-corrected chi connectivity index (χ0v) is 12.0. The van der Waals surface area contributed by atoms with Crippen molar-refractivity contribution < 1.29 is 4.42 Å². The first-order valence-corrected chi connectivity index (χ1v) is 7.16. The average molecular weight is 258 g/mol. The first-order valence-electron chi connectivity index (χ1n) is 7.16. The van der Waals surface area contributed by atoms with Crippen LogP contribution in [-0.4, -0.2) is 18.1 Å². The fourth-order valence-corrected chi connectivity index (χ4v) is 2.67. The molecule has 0 amide bonds. The third-order valence-corrected chi connectivity index (χ3v) is 3.86. The number of hydrogen-bond acceptors (Lipinski definition) is 3. The molecule has 2 heterocycles. The second-order valence-electron chi connectivity index (χ2n) is 6.52. The molecule has 1 aromatic heterocycles. The van der Waals surface area contributed by atoms with E-state index in [1.807, 2.05) is 0 Å². The van der Waals surface area contributed by atoms with E-state index in [-0.39, 0.29) is 5.41 Å². The first-order chi connectivity index (χ1) is 9.04. The highest BCUT2D eigenvalue weighted by Gasteiger charge is 2.22. The number of piperidine rings is 1. The third-order valence-electron chi connectivity index (χ3n) is 3.86. The van der Waals surface area contributed by atoms with Crippen LogP contribution in [0.25, 0.3) is 11.1 Å². The maximum Gasteiger partial charge on any atom is 0.200 e. The summed E-state index contributed by atoms with van der Waals surface area (Å²) in [5.41, 5.74) is 3.28. The van der Waals surface area contributed by atoms with Crippen molar-refractivity contribution in [1.29, 1.82) is 0 Å². The molecule has 1 aliphatic heterocycles. The van der Waals surface area contributed by atoms with Crippen LogP contribution in [0.1, 0.15) is 51.0 Å². The summed E-state index contributed by atoms with van der Waals surface area (Å²) in [5.74, 6) is 1.49. The maximum absolute atomic E-state index is 5.85. The number of benzene rings is 1. The van der Waals surface area contributed by atoms with Crippen molar-refractivity contribution in [3.05, 3.63) is 29.7 Å². The second kappa shape index (κ2) is 4.64. The van der Waals surface area contributed by atoms with Crippen molar-refractivity contribution in [2.75, 3.05) is 13.1 Å². The molecule has 1 aromatic carbocycles. The SMILES string of the molecule is CC(C)(C)c1nc2cc(C3CCNCC3)ccc2o1. The minimum Gasteiger partial charge on any atom is -0.440 e. The van der Waals surface area contributed by atoms with Crippen LogP contribution in [0.3, 0.4) is 0 Å². The van der Waals surface area contributed by atoms with Gasteiger partial charge in [0.05, 0.1) is 0 Å². The predicted octanol–water partition coefficient (Wildman–Crippen LogP) is 3.59. The smallest absolute Gasteiger partial charge is 0.200 e. The Morgan fingerprint density at radius 1 is 1.21 bits per heavy atom. The highest BCUT2D eigenvalue weighted by atomic mass is 16.3. The number of fused-ring (bicyclic) bond motifs is 1. The molecule has 1 saturated heterocycles. The van der Waals surface area contributed by atoms with Gasteiger partial charge in [0.2, 0.25) is 5.89 Å². The normalized spacial score (nSPS) is 18.1. The molecule has 102 valence electrons. The molecule has 0 unspecified atom stereocenters. The molecular weight excluding hydrogens is 236 g/mol. The summed E-state index contributed by atoms with van der Waals surface area (Å²) in [6.45, 7) is 8.63. The van der Waals surface area contributed by atoms with Crippen molar-refractivity contribution in [3.63, 3.8) is 0 Å². The van der Waals surface area contributed by atoms with Gasteiger partial charge in [0.25, 0.3) is 0 Å². The lowest BCUT2D eigenvalue weighted by molar-refractivity contribution is 0.411. The zero-order chi connectivity index (χ0) is 13.5. The molecule has 0 aliphatic carbocycles. The van der Waals surface area contributed by atoms with E-state index in [2.05, 4.69) is 49.3 Å². The number of oxazole rings is 1. The van der Waals surface area contributed by atoms with Crippen molar-refractivity contribution >= 4 is 11.1 Å². The molecular formula is C16H22N2O. The molecule has 0 atom stereocenters. The third kappa shape index (κ3) is 2.52. The van der Waals surface area contributed by atoms with Gasteiger partial charge in [-0.05, 0) is 49.5 Å². The van der Waals surface area contributed by atoms with Crippen LogP contribution >= 0.6 is 0 Å². The van der Waals surface area contributed by atoms with Crippen LogP contribution < -0.4 is 5.32 Å². The average Bonchev–Trinajstić information content (AvgIpc) is 2.82. The Balaban J connectivity index is 1.96. The molecule has 3 rings (SSSR count). The van der Waals surface area contributed by atoms with Gasteiger partial charge in [0, 0.05) is 5.41 Å². The molecule has 1 fully saturated rings. The van der Waals surface area contributed by atoms with E-state index in [1.165, 1.54) is 18.4 Å². The van der Waals surface area contributed by atoms with Crippen molar-refractivity contribution in [3.8, 4) is 0 Å². The summed E-state index contributed by atoms with van der Waals surface area (Å²) < 4.78 is 5.85. The number of hydrogen-bond donors (Lipinski definition) is 1. The van der Waals surface area contributed by atoms with Crippen LogP contribution in [0, 0.1) is 0 Å².